The summed E-state index contributed by atoms with van der Waals surface area (Å²) in [7, 11) is 2.42. The Balaban J connectivity index is 2.01. The molecule has 1 atom stereocenters. The van der Waals surface area contributed by atoms with Crippen LogP contribution in [0.15, 0.2) is 35.2 Å². The van der Waals surface area contributed by atoms with Crippen LogP contribution in [-0.2, 0) is 16.4 Å². The van der Waals surface area contributed by atoms with E-state index in [2.05, 4.69) is 0 Å². The summed E-state index contributed by atoms with van der Waals surface area (Å²) in [6, 6.07) is 8.06. The predicted octanol–water partition coefficient (Wildman–Crippen LogP) is 3.03. The molecule has 1 aliphatic heterocycles. The molecule has 152 valence electrons. The zero-order chi connectivity index (χ0) is 20.5. The second kappa shape index (κ2) is 7.89. The van der Waals surface area contributed by atoms with Crippen LogP contribution in [0.3, 0.4) is 0 Å². The molecule has 1 unspecified atom stereocenters. The van der Waals surface area contributed by atoms with Crippen LogP contribution in [0.4, 0.5) is 0 Å². The molecule has 8 heteroatoms. The highest BCUT2D eigenvalue weighted by atomic mass is 32.2. The van der Waals surface area contributed by atoms with Crippen molar-refractivity contribution in [3.05, 3.63) is 41.5 Å². The van der Waals surface area contributed by atoms with Gasteiger partial charge in [0.05, 0.1) is 33.3 Å². The number of methoxy groups -OCH3 is 4. The molecule has 0 fully saturated rings. The number of nitrogens with zero attached hydrogens (tertiary/aromatic N) is 1. The van der Waals surface area contributed by atoms with Gasteiger partial charge in [-0.05, 0) is 48.7 Å². The monoisotopic (exact) mass is 407 g/mol. The van der Waals surface area contributed by atoms with E-state index in [1.807, 2.05) is 19.1 Å². The summed E-state index contributed by atoms with van der Waals surface area (Å²) < 4.78 is 49.4. The number of rotatable bonds is 6. The van der Waals surface area contributed by atoms with Crippen LogP contribution >= 0.6 is 0 Å². The number of hydrogen-bond acceptors (Lipinski definition) is 6. The summed E-state index contributed by atoms with van der Waals surface area (Å²) in [5, 5.41) is 0. The molecule has 7 nitrogen and oxygen atoms in total. The molecule has 28 heavy (non-hydrogen) atoms. The molecule has 0 aromatic heterocycles. The molecule has 1 aliphatic rings. The lowest BCUT2D eigenvalue weighted by atomic mass is 9.94. The molecular formula is C20H25NO6S. The fourth-order valence-electron chi connectivity index (χ4n) is 3.56. The summed E-state index contributed by atoms with van der Waals surface area (Å²) in [4.78, 5) is 0.168. The van der Waals surface area contributed by atoms with Gasteiger partial charge in [-0.2, -0.15) is 4.31 Å². The smallest absolute Gasteiger partial charge is 0.243 e. The van der Waals surface area contributed by atoms with E-state index in [4.69, 9.17) is 18.9 Å². The molecule has 1 heterocycles. The molecule has 0 saturated carbocycles. The van der Waals surface area contributed by atoms with E-state index in [1.54, 1.807) is 20.3 Å². The van der Waals surface area contributed by atoms with Gasteiger partial charge in [0.2, 0.25) is 10.0 Å². The first-order valence-electron chi connectivity index (χ1n) is 8.86. The Morgan fingerprint density at radius 3 is 2.04 bits per heavy atom. The van der Waals surface area contributed by atoms with E-state index in [0.717, 1.165) is 11.1 Å². The number of fused-ring (bicyclic) bond motifs is 1. The Morgan fingerprint density at radius 1 is 0.857 bits per heavy atom. The first-order valence-corrected chi connectivity index (χ1v) is 10.3. The molecule has 0 saturated heterocycles. The molecule has 2 aromatic carbocycles. The van der Waals surface area contributed by atoms with Gasteiger partial charge in [0.15, 0.2) is 23.0 Å². The van der Waals surface area contributed by atoms with Crippen molar-refractivity contribution in [3.63, 3.8) is 0 Å². The molecule has 0 radical (unpaired) electrons. The summed E-state index contributed by atoms with van der Waals surface area (Å²) >= 11 is 0. The lowest BCUT2D eigenvalue weighted by Crippen LogP contribution is -2.38. The van der Waals surface area contributed by atoms with E-state index >= 15 is 0 Å². The van der Waals surface area contributed by atoms with Crippen molar-refractivity contribution in [2.75, 3.05) is 35.0 Å². The summed E-state index contributed by atoms with van der Waals surface area (Å²) in [6.07, 6.45) is 0.590. The van der Waals surface area contributed by atoms with E-state index in [-0.39, 0.29) is 10.9 Å². The number of ether oxygens (including phenoxy) is 4. The Morgan fingerprint density at radius 2 is 1.43 bits per heavy atom. The second-order valence-corrected chi connectivity index (χ2v) is 8.36. The van der Waals surface area contributed by atoms with E-state index in [1.165, 1.54) is 30.7 Å². The maximum Gasteiger partial charge on any atom is 0.243 e. The molecular weight excluding hydrogens is 382 g/mol. The normalized spacial score (nSPS) is 17.0. The van der Waals surface area contributed by atoms with Crippen LogP contribution in [0.2, 0.25) is 0 Å². The minimum absolute atomic E-state index is 0.168. The van der Waals surface area contributed by atoms with Crippen molar-refractivity contribution in [3.8, 4) is 23.0 Å². The van der Waals surface area contributed by atoms with Crippen molar-refractivity contribution in [1.82, 2.24) is 4.31 Å². The standard InChI is InChI=1S/C20H25NO6S/c1-13-16-12-20(27-5)18(25-3)10-14(16)8-9-21(13)28(22,23)15-6-7-17(24-2)19(11-15)26-4/h6-7,10-13H,8-9H2,1-5H3. The third kappa shape index (κ3) is 3.38. The van der Waals surface area contributed by atoms with Crippen molar-refractivity contribution < 1.29 is 27.4 Å². The predicted molar refractivity (Wildman–Crippen MR) is 105 cm³/mol. The average molecular weight is 407 g/mol. The molecule has 0 N–H and O–H groups in total. The molecule has 0 amide bonds. The van der Waals surface area contributed by atoms with Gasteiger partial charge in [0.25, 0.3) is 0 Å². The second-order valence-electron chi connectivity index (χ2n) is 6.46. The zero-order valence-electron chi connectivity index (χ0n) is 16.7. The highest BCUT2D eigenvalue weighted by Gasteiger charge is 2.35. The van der Waals surface area contributed by atoms with Gasteiger partial charge in [-0.1, -0.05) is 0 Å². The third-order valence-corrected chi connectivity index (χ3v) is 7.06. The van der Waals surface area contributed by atoms with Gasteiger partial charge in [0.1, 0.15) is 0 Å². The van der Waals surface area contributed by atoms with Crippen LogP contribution in [0.5, 0.6) is 23.0 Å². The molecule has 3 rings (SSSR count). The van der Waals surface area contributed by atoms with Crippen LogP contribution in [0.1, 0.15) is 24.1 Å². The van der Waals surface area contributed by atoms with Crippen LogP contribution in [0, 0.1) is 0 Å². The summed E-state index contributed by atoms with van der Waals surface area (Å²) in [5.74, 6) is 2.08. The number of benzene rings is 2. The molecule has 0 spiro atoms. The van der Waals surface area contributed by atoms with Crippen molar-refractivity contribution >= 4 is 10.0 Å². The quantitative estimate of drug-likeness (QED) is 0.733. The Labute approximate surface area is 165 Å². The highest BCUT2D eigenvalue weighted by molar-refractivity contribution is 7.89. The van der Waals surface area contributed by atoms with Gasteiger partial charge in [-0.15, -0.1) is 0 Å². The molecule has 0 bridgehead atoms. The van der Waals surface area contributed by atoms with Crippen molar-refractivity contribution in [2.24, 2.45) is 0 Å². The van der Waals surface area contributed by atoms with Gasteiger partial charge in [0, 0.05) is 18.7 Å². The van der Waals surface area contributed by atoms with Gasteiger partial charge >= 0.3 is 0 Å². The van der Waals surface area contributed by atoms with Gasteiger partial charge < -0.3 is 18.9 Å². The Bertz CT molecular complexity index is 973. The first-order chi connectivity index (χ1) is 13.4. The zero-order valence-corrected chi connectivity index (χ0v) is 17.5. The van der Waals surface area contributed by atoms with Gasteiger partial charge in [-0.25, -0.2) is 8.42 Å². The summed E-state index contributed by atoms with van der Waals surface area (Å²) in [6.45, 7) is 2.25. The molecule has 0 aliphatic carbocycles. The maximum absolute atomic E-state index is 13.3. The average Bonchev–Trinajstić information content (AvgIpc) is 2.72. The van der Waals surface area contributed by atoms with Gasteiger partial charge in [-0.3, -0.25) is 0 Å². The van der Waals surface area contributed by atoms with E-state index in [0.29, 0.717) is 36.0 Å². The highest BCUT2D eigenvalue weighted by Crippen LogP contribution is 2.40. The lowest BCUT2D eigenvalue weighted by molar-refractivity contribution is 0.318. The fourth-order valence-corrected chi connectivity index (χ4v) is 5.19. The summed E-state index contributed by atoms with van der Waals surface area (Å²) in [5.41, 5.74) is 1.97. The first kappa shape index (κ1) is 20.3. The Hall–Kier alpha value is -2.45. The van der Waals surface area contributed by atoms with E-state index in [9.17, 15) is 8.42 Å². The van der Waals surface area contributed by atoms with Crippen molar-refractivity contribution in [2.45, 2.75) is 24.3 Å². The van der Waals surface area contributed by atoms with Crippen LogP contribution in [0.25, 0.3) is 0 Å². The number of hydrogen-bond donors (Lipinski definition) is 0. The van der Waals surface area contributed by atoms with Crippen molar-refractivity contribution in [1.29, 1.82) is 0 Å². The largest absolute Gasteiger partial charge is 0.493 e. The Kier molecular flexibility index (Phi) is 5.71. The van der Waals surface area contributed by atoms with Crippen LogP contribution < -0.4 is 18.9 Å². The number of sulfonamides is 1. The topological polar surface area (TPSA) is 74.3 Å². The third-order valence-electron chi connectivity index (χ3n) is 5.09. The van der Waals surface area contributed by atoms with Crippen LogP contribution in [-0.4, -0.2) is 47.7 Å². The lowest BCUT2D eigenvalue weighted by Gasteiger charge is -2.34. The fraction of sp³-hybridized carbons (Fsp3) is 0.400. The SMILES string of the molecule is COc1ccc(S(=O)(=O)N2CCc3cc(OC)c(OC)cc3C2C)cc1OC. The minimum Gasteiger partial charge on any atom is -0.493 e. The van der Waals surface area contributed by atoms with E-state index < -0.39 is 10.0 Å². The minimum atomic E-state index is -3.72. The maximum atomic E-state index is 13.3. The molecule has 2 aromatic rings.